The number of benzene rings is 3. The van der Waals surface area contributed by atoms with E-state index in [0.717, 1.165) is 22.3 Å². The van der Waals surface area contributed by atoms with Gasteiger partial charge in [-0.3, -0.25) is 14.5 Å². The molecule has 10 heteroatoms. The zero-order chi connectivity index (χ0) is 27.3. The molecule has 0 bridgehead atoms. The van der Waals surface area contributed by atoms with Gasteiger partial charge in [0.2, 0.25) is 0 Å². The standard InChI is InChI=1S/C29H25N3O4S3/c1-30-25(37)24(33)31-26-28(17-29(31,38)27(30)34,21-16-15-18-9-5-6-12-20(18)21)22-13-7-8-14-23(22)32(26)39(35,36)19-10-3-2-4-11-19/h2-14,16,25-26,37-38H,15,17H2,1H3/t25-,26-,28-,29-/m0/s1. The number of carbonyl (C=O) groups excluding carboxylic acids is 2. The first-order valence-corrected chi connectivity index (χ1v) is 15.0. The molecule has 4 aliphatic rings. The van der Waals surface area contributed by atoms with Crippen molar-refractivity contribution in [2.24, 2.45) is 0 Å². The van der Waals surface area contributed by atoms with E-state index >= 15 is 0 Å². The number of hydrogen-bond acceptors (Lipinski definition) is 6. The minimum atomic E-state index is -4.17. The van der Waals surface area contributed by atoms with Crippen molar-refractivity contribution in [1.29, 1.82) is 0 Å². The number of piperazine rings is 1. The molecule has 0 saturated carbocycles. The molecular formula is C29H25N3O4S3. The van der Waals surface area contributed by atoms with Crippen LogP contribution >= 0.6 is 25.3 Å². The molecule has 0 unspecified atom stereocenters. The lowest BCUT2D eigenvalue weighted by molar-refractivity contribution is -0.157. The van der Waals surface area contributed by atoms with Crippen LogP contribution in [0.3, 0.4) is 0 Å². The Labute approximate surface area is 238 Å². The molecule has 1 aliphatic carbocycles. The van der Waals surface area contributed by atoms with Gasteiger partial charge in [0.25, 0.3) is 21.8 Å². The minimum absolute atomic E-state index is 0.100. The summed E-state index contributed by atoms with van der Waals surface area (Å²) in [6.07, 6.45) is 1.83. The molecule has 3 aromatic carbocycles. The van der Waals surface area contributed by atoms with Gasteiger partial charge in [-0.15, -0.1) is 25.3 Å². The number of allylic oxidation sites excluding steroid dienone is 1. The number of rotatable bonds is 3. The average molecular weight is 576 g/mol. The van der Waals surface area contributed by atoms with Gasteiger partial charge in [-0.25, -0.2) is 12.7 Å². The van der Waals surface area contributed by atoms with Crippen molar-refractivity contribution in [3.05, 3.63) is 102 Å². The van der Waals surface area contributed by atoms with Crippen molar-refractivity contribution in [2.45, 2.75) is 39.6 Å². The second-order valence-electron chi connectivity index (χ2n) is 10.4. The molecule has 4 atom stereocenters. The molecular weight excluding hydrogens is 551 g/mol. The number of fused-ring (bicyclic) bond motifs is 6. The number of amides is 2. The van der Waals surface area contributed by atoms with Crippen molar-refractivity contribution >= 4 is 58.4 Å². The normalized spacial score (nSPS) is 29.2. The molecule has 2 fully saturated rings. The molecule has 0 N–H and O–H groups in total. The highest BCUT2D eigenvalue weighted by atomic mass is 32.2. The highest BCUT2D eigenvalue weighted by Crippen LogP contribution is 2.66. The van der Waals surface area contributed by atoms with Gasteiger partial charge in [0, 0.05) is 13.5 Å². The second kappa shape index (κ2) is 8.16. The molecule has 0 aromatic heterocycles. The lowest BCUT2D eigenvalue weighted by Crippen LogP contribution is -2.68. The van der Waals surface area contributed by atoms with E-state index in [1.165, 1.54) is 21.2 Å². The largest absolute Gasteiger partial charge is 0.322 e. The van der Waals surface area contributed by atoms with Crippen LogP contribution in [0.15, 0.2) is 89.8 Å². The maximum Gasteiger partial charge on any atom is 0.266 e. The van der Waals surface area contributed by atoms with Gasteiger partial charge in [0.05, 0.1) is 16.0 Å². The van der Waals surface area contributed by atoms with E-state index in [0.29, 0.717) is 12.1 Å². The number of hydrogen-bond donors (Lipinski definition) is 2. The summed E-state index contributed by atoms with van der Waals surface area (Å²) in [5.74, 6) is -0.851. The number of anilines is 1. The number of carbonyl (C=O) groups is 2. The zero-order valence-electron chi connectivity index (χ0n) is 20.9. The Morgan fingerprint density at radius 1 is 0.923 bits per heavy atom. The second-order valence-corrected chi connectivity index (χ2v) is 13.5. The summed E-state index contributed by atoms with van der Waals surface area (Å²) < 4.78 is 30.3. The van der Waals surface area contributed by atoms with Gasteiger partial charge in [-0.05, 0) is 46.9 Å². The highest BCUT2D eigenvalue weighted by molar-refractivity contribution is 7.93. The SMILES string of the molecule is CN1C(=O)[C@@]2(S)C[C@]3(C4=CCc5ccccc54)c4ccccc4N(S(=O)(=O)c4ccccc4)[C@@H]3N2C(=O)[C@@H]1S. The third kappa shape index (κ3) is 2.99. The Kier molecular flexibility index (Phi) is 5.19. The van der Waals surface area contributed by atoms with Crippen molar-refractivity contribution in [3.63, 3.8) is 0 Å². The first-order chi connectivity index (χ1) is 18.6. The van der Waals surface area contributed by atoms with Gasteiger partial charge >= 0.3 is 0 Å². The molecule has 3 heterocycles. The zero-order valence-corrected chi connectivity index (χ0v) is 23.5. The third-order valence-corrected chi connectivity index (χ3v) is 11.5. The Morgan fingerprint density at radius 2 is 1.59 bits per heavy atom. The number of thiol groups is 2. The van der Waals surface area contributed by atoms with Gasteiger partial charge in [0.15, 0.2) is 10.2 Å². The van der Waals surface area contributed by atoms with Crippen LogP contribution in [0.2, 0.25) is 0 Å². The van der Waals surface area contributed by atoms with Gasteiger partial charge in [0.1, 0.15) is 6.17 Å². The van der Waals surface area contributed by atoms with Crippen LogP contribution in [0, 0.1) is 0 Å². The van der Waals surface area contributed by atoms with E-state index in [4.69, 9.17) is 12.6 Å². The van der Waals surface area contributed by atoms with Crippen LogP contribution in [0.5, 0.6) is 0 Å². The van der Waals surface area contributed by atoms with Crippen LogP contribution in [-0.4, -0.2) is 53.5 Å². The van der Waals surface area contributed by atoms with Gasteiger partial charge in [-0.2, -0.15) is 0 Å². The first kappa shape index (κ1) is 24.8. The number of para-hydroxylation sites is 1. The fourth-order valence-electron chi connectivity index (χ4n) is 6.92. The Bertz CT molecular complexity index is 1710. The van der Waals surface area contributed by atoms with Crippen LogP contribution < -0.4 is 4.31 Å². The first-order valence-electron chi connectivity index (χ1n) is 12.6. The van der Waals surface area contributed by atoms with Crippen molar-refractivity contribution in [3.8, 4) is 0 Å². The molecule has 7 nitrogen and oxygen atoms in total. The molecule has 198 valence electrons. The maximum absolute atomic E-state index is 14.5. The lowest BCUT2D eigenvalue weighted by Gasteiger charge is -2.47. The fraction of sp³-hybridized carbons (Fsp3) is 0.241. The van der Waals surface area contributed by atoms with Gasteiger partial charge < -0.3 is 4.90 Å². The number of likely N-dealkylation sites (N-methyl/N-ethyl adjacent to an activating group) is 1. The van der Waals surface area contributed by atoms with Crippen molar-refractivity contribution in [1.82, 2.24) is 9.80 Å². The third-order valence-electron chi connectivity index (χ3n) is 8.56. The van der Waals surface area contributed by atoms with E-state index < -0.39 is 37.8 Å². The van der Waals surface area contributed by atoms with Crippen molar-refractivity contribution < 1.29 is 18.0 Å². The van der Waals surface area contributed by atoms with E-state index in [2.05, 4.69) is 24.8 Å². The Balaban J connectivity index is 1.57. The predicted molar refractivity (Wildman–Crippen MR) is 155 cm³/mol. The summed E-state index contributed by atoms with van der Waals surface area (Å²) in [6.45, 7) is 0. The summed E-state index contributed by atoms with van der Waals surface area (Å²) in [6, 6.07) is 23.6. The Morgan fingerprint density at radius 3 is 2.36 bits per heavy atom. The highest BCUT2D eigenvalue weighted by Gasteiger charge is 2.74. The van der Waals surface area contributed by atoms with Crippen LogP contribution in [-0.2, 0) is 31.4 Å². The van der Waals surface area contributed by atoms with E-state index in [9.17, 15) is 18.0 Å². The maximum atomic E-state index is 14.5. The monoisotopic (exact) mass is 575 g/mol. The summed E-state index contributed by atoms with van der Waals surface area (Å²) in [7, 11) is -2.64. The summed E-state index contributed by atoms with van der Waals surface area (Å²) in [4.78, 5) is 29.1. The lowest BCUT2D eigenvalue weighted by atomic mass is 9.70. The average Bonchev–Trinajstić information content (AvgIpc) is 3.58. The summed E-state index contributed by atoms with van der Waals surface area (Å²) >= 11 is 9.40. The molecule has 2 amide bonds. The number of nitrogens with zero attached hydrogens (tertiary/aromatic N) is 3. The Hall–Kier alpha value is -3.21. The van der Waals surface area contributed by atoms with E-state index in [-0.39, 0.29) is 17.2 Å². The molecule has 3 aliphatic heterocycles. The molecule has 39 heavy (non-hydrogen) atoms. The minimum Gasteiger partial charge on any atom is -0.322 e. The fourth-order valence-corrected chi connectivity index (χ4v) is 9.45. The van der Waals surface area contributed by atoms with Crippen LogP contribution in [0.25, 0.3) is 5.57 Å². The summed E-state index contributed by atoms with van der Waals surface area (Å²) in [5, 5.41) is -1.07. The van der Waals surface area contributed by atoms with Crippen LogP contribution in [0.1, 0.15) is 23.1 Å². The molecule has 0 radical (unpaired) electrons. The molecule has 2 saturated heterocycles. The quantitative estimate of drug-likeness (QED) is 0.467. The van der Waals surface area contributed by atoms with Crippen molar-refractivity contribution in [2.75, 3.05) is 11.4 Å². The molecule has 3 aromatic rings. The molecule has 7 rings (SSSR count). The molecule has 0 spiro atoms. The van der Waals surface area contributed by atoms with Crippen LogP contribution in [0.4, 0.5) is 5.69 Å². The van der Waals surface area contributed by atoms with Gasteiger partial charge in [-0.1, -0.05) is 66.7 Å². The summed E-state index contributed by atoms with van der Waals surface area (Å²) in [5.41, 5.74) is 3.20. The van der Waals surface area contributed by atoms with E-state index in [1.807, 2.05) is 30.3 Å². The topological polar surface area (TPSA) is 78.0 Å². The van der Waals surface area contributed by atoms with E-state index in [1.54, 1.807) is 42.5 Å². The number of sulfonamides is 1. The predicted octanol–water partition coefficient (Wildman–Crippen LogP) is 3.69. The smallest absolute Gasteiger partial charge is 0.266 e.